The van der Waals surface area contributed by atoms with Gasteiger partial charge in [-0.15, -0.1) is 0 Å². The van der Waals surface area contributed by atoms with E-state index >= 15 is 0 Å². The highest BCUT2D eigenvalue weighted by atomic mass is 32.2. The molecule has 0 fully saturated rings. The fraction of sp³-hybridized carbons (Fsp3) is 0.500. The van der Waals surface area contributed by atoms with Crippen molar-refractivity contribution < 1.29 is 8.42 Å². The first-order valence-corrected chi connectivity index (χ1v) is 5.24. The predicted octanol–water partition coefficient (Wildman–Crippen LogP) is -0.199. The number of aromatic amines is 1. The number of aromatic nitrogens is 2. The summed E-state index contributed by atoms with van der Waals surface area (Å²) in [7, 11) is -1.56. The Kier molecular flexibility index (Phi) is 2.49. The van der Waals surface area contributed by atoms with E-state index in [1.165, 1.54) is 17.6 Å². The molecule has 0 aromatic carbocycles. The highest BCUT2D eigenvalue weighted by Gasteiger charge is 2.10. The molecule has 0 amide bonds. The third-order valence-corrected chi connectivity index (χ3v) is 2.79. The Morgan fingerprint density at radius 2 is 2.33 bits per heavy atom. The zero-order valence-corrected chi connectivity index (χ0v) is 7.80. The first kappa shape index (κ1) is 9.21. The summed E-state index contributed by atoms with van der Waals surface area (Å²) in [6, 6.07) is 0. The Morgan fingerprint density at radius 3 is 2.75 bits per heavy atom. The molecule has 0 aliphatic rings. The molecule has 0 atom stereocenters. The summed E-state index contributed by atoms with van der Waals surface area (Å²) in [6.07, 6.45) is 4.44. The van der Waals surface area contributed by atoms with Crippen LogP contribution in [-0.4, -0.2) is 36.2 Å². The Labute approximate surface area is 71.4 Å². The molecular formula is C6H11N3O2S. The number of hydrogen-bond acceptors (Lipinski definition) is 3. The van der Waals surface area contributed by atoms with E-state index in [0.717, 1.165) is 5.56 Å². The molecule has 0 aliphatic heterocycles. The van der Waals surface area contributed by atoms with Gasteiger partial charge in [0.25, 0.3) is 0 Å². The minimum atomic E-state index is -3.09. The first-order valence-electron chi connectivity index (χ1n) is 3.39. The van der Waals surface area contributed by atoms with Crippen molar-refractivity contribution in [1.29, 1.82) is 0 Å². The number of nitrogens with zero attached hydrogens (tertiary/aromatic N) is 2. The van der Waals surface area contributed by atoms with Gasteiger partial charge in [-0.3, -0.25) is 5.10 Å². The maximum absolute atomic E-state index is 11.0. The number of rotatable bonds is 3. The normalized spacial score (nSPS) is 12.2. The first-order chi connectivity index (χ1) is 5.50. The van der Waals surface area contributed by atoms with E-state index in [-0.39, 0.29) is 0 Å². The SMILES string of the molecule is CN(Cc1cn[nH]c1)S(C)(=O)=O. The van der Waals surface area contributed by atoms with Crippen molar-refractivity contribution in [3.63, 3.8) is 0 Å². The zero-order chi connectivity index (χ0) is 9.19. The van der Waals surface area contributed by atoms with Crippen LogP contribution in [0.3, 0.4) is 0 Å². The quantitative estimate of drug-likeness (QED) is 0.716. The highest BCUT2D eigenvalue weighted by Crippen LogP contribution is 2.02. The van der Waals surface area contributed by atoms with Gasteiger partial charge in [0, 0.05) is 25.4 Å². The minimum Gasteiger partial charge on any atom is -0.285 e. The molecule has 0 saturated heterocycles. The van der Waals surface area contributed by atoms with Crippen molar-refractivity contribution in [1.82, 2.24) is 14.5 Å². The lowest BCUT2D eigenvalue weighted by Gasteiger charge is -2.11. The van der Waals surface area contributed by atoms with Crippen LogP contribution in [0.5, 0.6) is 0 Å². The Bertz CT molecular complexity index is 330. The zero-order valence-electron chi connectivity index (χ0n) is 6.98. The predicted molar refractivity (Wildman–Crippen MR) is 44.9 cm³/mol. The van der Waals surface area contributed by atoms with Crippen LogP contribution in [0.1, 0.15) is 5.56 Å². The largest absolute Gasteiger partial charge is 0.285 e. The Morgan fingerprint density at radius 1 is 1.67 bits per heavy atom. The van der Waals surface area contributed by atoms with E-state index in [1.807, 2.05) is 0 Å². The molecule has 68 valence electrons. The van der Waals surface area contributed by atoms with Crippen LogP contribution in [0, 0.1) is 0 Å². The second-order valence-corrected chi connectivity index (χ2v) is 4.71. The maximum atomic E-state index is 11.0. The van der Waals surface area contributed by atoms with Gasteiger partial charge in [-0.05, 0) is 0 Å². The smallest absolute Gasteiger partial charge is 0.211 e. The molecule has 0 spiro atoms. The molecule has 6 heteroatoms. The van der Waals surface area contributed by atoms with E-state index in [9.17, 15) is 8.42 Å². The number of hydrogen-bond donors (Lipinski definition) is 1. The molecule has 5 nitrogen and oxygen atoms in total. The monoisotopic (exact) mass is 189 g/mol. The van der Waals surface area contributed by atoms with Crippen molar-refractivity contribution in [2.24, 2.45) is 0 Å². The van der Waals surface area contributed by atoms with Crippen LogP contribution >= 0.6 is 0 Å². The van der Waals surface area contributed by atoms with E-state index < -0.39 is 10.0 Å². The topological polar surface area (TPSA) is 66.1 Å². The third-order valence-electron chi connectivity index (χ3n) is 1.53. The van der Waals surface area contributed by atoms with Crippen LogP contribution < -0.4 is 0 Å². The summed E-state index contributed by atoms with van der Waals surface area (Å²) in [5, 5.41) is 6.33. The Hall–Kier alpha value is -0.880. The van der Waals surface area contributed by atoms with Gasteiger partial charge in [-0.25, -0.2) is 12.7 Å². The number of H-pyrrole nitrogens is 1. The second kappa shape index (κ2) is 3.24. The van der Waals surface area contributed by atoms with Crippen molar-refractivity contribution in [3.8, 4) is 0 Å². The molecular weight excluding hydrogens is 178 g/mol. The average Bonchev–Trinajstić information content (AvgIpc) is 2.37. The number of nitrogens with one attached hydrogen (secondary N) is 1. The van der Waals surface area contributed by atoms with Crippen LogP contribution in [0.15, 0.2) is 12.4 Å². The summed E-state index contributed by atoms with van der Waals surface area (Å²) >= 11 is 0. The molecule has 0 radical (unpaired) electrons. The van der Waals surface area contributed by atoms with Crippen molar-refractivity contribution in [3.05, 3.63) is 18.0 Å². The molecule has 0 bridgehead atoms. The number of sulfonamides is 1. The van der Waals surface area contributed by atoms with E-state index in [4.69, 9.17) is 0 Å². The summed E-state index contributed by atoms with van der Waals surface area (Å²) in [4.78, 5) is 0. The summed E-state index contributed by atoms with van der Waals surface area (Å²) < 4.78 is 23.2. The van der Waals surface area contributed by atoms with Gasteiger partial charge in [0.1, 0.15) is 0 Å². The van der Waals surface area contributed by atoms with Crippen LogP contribution in [-0.2, 0) is 16.6 Å². The molecule has 1 N–H and O–H groups in total. The fourth-order valence-corrected chi connectivity index (χ4v) is 1.12. The molecule has 1 rings (SSSR count). The lowest BCUT2D eigenvalue weighted by molar-refractivity contribution is 0.472. The molecule has 0 aliphatic carbocycles. The molecule has 1 aromatic rings. The lowest BCUT2D eigenvalue weighted by atomic mass is 10.4. The van der Waals surface area contributed by atoms with Gasteiger partial charge in [0.05, 0.1) is 12.5 Å². The molecule has 12 heavy (non-hydrogen) atoms. The van der Waals surface area contributed by atoms with Gasteiger partial charge in [0.2, 0.25) is 10.0 Å². The van der Waals surface area contributed by atoms with Crippen molar-refractivity contribution >= 4 is 10.0 Å². The maximum Gasteiger partial charge on any atom is 0.211 e. The summed E-state index contributed by atoms with van der Waals surface area (Å²) in [5.74, 6) is 0. The highest BCUT2D eigenvalue weighted by molar-refractivity contribution is 7.88. The van der Waals surface area contributed by atoms with E-state index in [1.54, 1.807) is 12.4 Å². The van der Waals surface area contributed by atoms with Crippen molar-refractivity contribution in [2.75, 3.05) is 13.3 Å². The van der Waals surface area contributed by atoms with Gasteiger partial charge in [-0.2, -0.15) is 5.10 Å². The van der Waals surface area contributed by atoms with E-state index in [2.05, 4.69) is 10.2 Å². The van der Waals surface area contributed by atoms with Crippen molar-refractivity contribution in [2.45, 2.75) is 6.54 Å². The standard InChI is InChI=1S/C6H11N3O2S/c1-9(12(2,10)11)5-6-3-7-8-4-6/h3-4H,5H2,1-2H3,(H,7,8). The van der Waals surface area contributed by atoms with Gasteiger partial charge < -0.3 is 0 Å². The second-order valence-electron chi connectivity index (χ2n) is 2.63. The van der Waals surface area contributed by atoms with Gasteiger partial charge in [0.15, 0.2) is 0 Å². The lowest BCUT2D eigenvalue weighted by Crippen LogP contribution is -2.24. The van der Waals surface area contributed by atoms with Crippen LogP contribution in [0.4, 0.5) is 0 Å². The van der Waals surface area contributed by atoms with Crippen LogP contribution in [0.2, 0.25) is 0 Å². The molecule has 1 heterocycles. The Balaban J connectivity index is 2.66. The minimum absolute atomic E-state index is 0.356. The summed E-state index contributed by atoms with van der Waals surface area (Å²) in [6.45, 7) is 0.356. The average molecular weight is 189 g/mol. The van der Waals surface area contributed by atoms with Crippen LogP contribution in [0.25, 0.3) is 0 Å². The molecule has 0 saturated carbocycles. The fourth-order valence-electron chi connectivity index (χ4n) is 0.738. The molecule has 0 unspecified atom stereocenters. The summed E-state index contributed by atoms with van der Waals surface area (Å²) in [5.41, 5.74) is 0.850. The van der Waals surface area contributed by atoms with E-state index in [0.29, 0.717) is 6.54 Å². The molecule has 1 aromatic heterocycles. The van der Waals surface area contributed by atoms with Gasteiger partial charge in [-0.1, -0.05) is 0 Å². The van der Waals surface area contributed by atoms with Gasteiger partial charge >= 0.3 is 0 Å². The third kappa shape index (κ3) is 2.31.